The van der Waals surface area contributed by atoms with Crippen molar-refractivity contribution >= 4 is 20.9 Å². The molecule has 0 amide bonds. The SMILES string of the molecule is O=S(=O)(O)COCc1ccc2ccccc2c1. The van der Waals surface area contributed by atoms with Crippen LogP contribution >= 0.6 is 0 Å². The smallest absolute Gasteiger partial charge is 0.289 e. The van der Waals surface area contributed by atoms with Gasteiger partial charge in [0.25, 0.3) is 10.1 Å². The van der Waals surface area contributed by atoms with Gasteiger partial charge in [0.2, 0.25) is 0 Å². The van der Waals surface area contributed by atoms with Gasteiger partial charge in [0.15, 0.2) is 5.94 Å². The van der Waals surface area contributed by atoms with E-state index in [1.807, 2.05) is 42.5 Å². The lowest BCUT2D eigenvalue weighted by Crippen LogP contribution is -2.07. The first-order chi connectivity index (χ1) is 8.04. The average molecular weight is 252 g/mol. The molecule has 2 aromatic rings. The number of benzene rings is 2. The van der Waals surface area contributed by atoms with Crippen molar-refractivity contribution in [2.75, 3.05) is 5.94 Å². The Bertz CT molecular complexity index is 619. The van der Waals surface area contributed by atoms with Gasteiger partial charge in [-0.25, -0.2) is 0 Å². The number of hydrogen-bond donors (Lipinski definition) is 1. The van der Waals surface area contributed by atoms with E-state index < -0.39 is 16.1 Å². The molecular weight excluding hydrogens is 240 g/mol. The number of fused-ring (bicyclic) bond motifs is 1. The molecule has 2 aromatic carbocycles. The molecule has 0 fully saturated rings. The average Bonchev–Trinajstić information content (AvgIpc) is 2.27. The van der Waals surface area contributed by atoms with Gasteiger partial charge in [-0.1, -0.05) is 36.4 Å². The Morgan fingerprint density at radius 1 is 1.06 bits per heavy atom. The number of rotatable bonds is 4. The summed E-state index contributed by atoms with van der Waals surface area (Å²) in [5.74, 6) is -0.681. The Kier molecular flexibility index (Phi) is 3.42. The third kappa shape index (κ3) is 3.52. The molecule has 0 aliphatic heterocycles. The molecule has 0 radical (unpaired) electrons. The normalized spacial score (nSPS) is 11.8. The van der Waals surface area contributed by atoms with Crippen molar-refractivity contribution < 1.29 is 17.7 Å². The lowest BCUT2D eigenvalue weighted by atomic mass is 10.1. The summed E-state index contributed by atoms with van der Waals surface area (Å²) in [5, 5.41) is 2.19. The van der Waals surface area contributed by atoms with E-state index in [1.165, 1.54) is 0 Å². The van der Waals surface area contributed by atoms with Gasteiger partial charge < -0.3 is 4.74 Å². The summed E-state index contributed by atoms with van der Waals surface area (Å²) in [5.41, 5.74) is 0.868. The Morgan fingerprint density at radius 3 is 2.47 bits per heavy atom. The van der Waals surface area contributed by atoms with E-state index >= 15 is 0 Å². The van der Waals surface area contributed by atoms with Crippen molar-refractivity contribution in [2.24, 2.45) is 0 Å². The van der Waals surface area contributed by atoms with E-state index in [-0.39, 0.29) is 6.61 Å². The minimum Gasteiger partial charge on any atom is -0.358 e. The molecule has 0 saturated heterocycles. The van der Waals surface area contributed by atoms with E-state index in [1.54, 1.807) is 0 Å². The molecule has 0 aliphatic carbocycles. The molecule has 0 aromatic heterocycles. The van der Waals surface area contributed by atoms with Gasteiger partial charge in [0.1, 0.15) is 0 Å². The molecule has 0 aliphatic rings. The molecule has 5 heteroatoms. The molecule has 90 valence electrons. The topological polar surface area (TPSA) is 63.6 Å². The van der Waals surface area contributed by atoms with Crippen LogP contribution in [-0.2, 0) is 21.5 Å². The van der Waals surface area contributed by atoms with Crippen LogP contribution < -0.4 is 0 Å². The Balaban J connectivity index is 2.09. The lowest BCUT2D eigenvalue weighted by Gasteiger charge is -2.04. The monoisotopic (exact) mass is 252 g/mol. The van der Waals surface area contributed by atoms with Crippen LogP contribution in [-0.4, -0.2) is 18.9 Å². The largest absolute Gasteiger partial charge is 0.358 e. The second kappa shape index (κ2) is 4.83. The Hall–Kier alpha value is -1.43. The third-order valence-corrected chi connectivity index (χ3v) is 2.78. The third-order valence-electron chi connectivity index (χ3n) is 2.31. The molecule has 4 nitrogen and oxygen atoms in total. The summed E-state index contributed by atoms with van der Waals surface area (Å²) in [4.78, 5) is 0. The highest BCUT2D eigenvalue weighted by Gasteiger charge is 2.04. The van der Waals surface area contributed by atoms with Crippen LogP contribution in [0.2, 0.25) is 0 Å². The first-order valence-corrected chi connectivity index (χ1v) is 6.66. The van der Waals surface area contributed by atoms with Crippen LogP contribution in [0.25, 0.3) is 10.8 Å². The zero-order chi connectivity index (χ0) is 12.3. The standard InChI is InChI=1S/C12H12O4S/c13-17(14,15)9-16-8-10-5-6-11-3-1-2-4-12(11)7-10/h1-7H,8-9H2,(H,13,14,15). The van der Waals surface area contributed by atoms with E-state index in [0.717, 1.165) is 16.3 Å². The predicted molar refractivity (Wildman–Crippen MR) is 65.2 cm³/mol. The van der Waals surface area contributed by atoms with Crippen molar-refractivity contribution in [3.8, 4) is 0 Å². The molecule has 0 bridgehead atoms. The summed E-state index contributed by atoms with van der Waals surface area (Å²) in [6, 6.07) is 13.6. The maximum absolute atomic E-state index is 10.5. The van der Waals surface area contributed by atoms with E-state index in [0.29, 0.717) is 0 Å². The summed E-state index contributed by atoms with van der Waals surface area (Å²) < 4.78 is 34.3. The molecule has 0 atom stereocenters. The van der Waals surface area contributed by atoms with Gasteiger partial charge in [0.05, 0.1) is 6.61 Å². The highest BCUT2D eigenvalue weighted by Crippen LogP contribution is 2.16. The van der Waals surface area contributed by atoms with Crippen molar-refractivity contribution in [3.05, 3.63) is 48.0 Å². The van der Waals surface area contributed by atoms with Gasteiger partial charge in [-0.3, -0.25) is 4.55 Å². The highest BCUT2D eigenvalue weighted by molar-refractivity contribution is 7.85. The number of ether oxygens (including phenoxy) is 1. The summed E-state index contributed by atoms with van der Waals surface area (Å²) >= 11 is 0. The number of hydrogen-bond acceptors (Lipinski definition) is 3. The van der Waals surface area contributed by atoms with Crippen LogP contribution in [0, 0.1) is 0 Å². The van der Waals surface area contributed by atoms with E-state index in [2.05, 4.69) is 0 Å². The lowest BCUT2D eigenvalue weighted by molar-refractivity contribution is 0.157. The van der Waals surface area contributed by atoms with Crippen LogP contribution in [0.1, 0.15) is 5.56 Å². The highest BCUT2D eigenvalue weighted by atomic mass is 32.2. The van der Waals surface area contributed by atoms with Crippen LogP contribution in [0.15, 0.2) is 42.5 Å². The summed E-state index contributed by atoms with van der Waals surface area (Å²) in [6.45, 7) is 0.157. The molecule has 2 rings (SSSR count). The minimum absolute atomic E-state index is 0.157. The van der Waals surface area contributed by atoms with Crippen molar-refractivity contribution in [1.29, 1.82) is 0 Å². The van der Waals surface area contributed by atoms with E-state index in [4.69, 9.17) is 9.29 Å². The zero-order valence-corrected chi connectivity index (χ0v) is 9.85. The Labute approximate surface area is 99.6 Å². The maximum atomic E-state index is 10.5. The summed E-state index contributed by atoms with van der Waals surface area (Å²) in [6.07, 6.45) is 0. The molecule has 0 unspecified atom stereocenters. The Morgan fingerprint density at radius 2 is 1.76 bits per heavy atom. The second-order valence-electron chi connectivity index (χ2n) is 3.73. The van der Waals surface area contributed by atoms with Gasteiger partial charge in [-0.15, -0.1) is 0 Å². The van der Waals surface area contributed by atoms with Crippen molar-refractivity contribution in [3.63, 3.8) is 0 Å². The molecule has 0 spiro atoms. The summed E-state index contributed by atoms with van der Waals surface area (Å²) in [7, 11) is -4.06. The maximum Gasteiger partial charge on any atom is 0.289 e. The van der Waals surface area contributed by atoms with Crippen LogP contribution in [0.5, 0.6) is 0 Å². The minimum atomic E-state index is -4.06. The van der Waals surface area contributed by atoms with Gasteiger partial charge in [0, 0.05) is 0 Å². The molecule has 17 heavy (non-hydrogen) atoms. The molecule has 1 N–H and O–H groups in total. The predicted octanol–water partition coefficient (Wildman–Crippen LogP) is 2.20. The molecular formula is C12H12O4S. The quantitative estimate of drug-likeness (QED) is 0.847. The first-order valence-electron chi connectivity index (χ1n) is 5.05. The van der Waals surface area contributed by atoms with Crippen LogP contribution in [0.4, 0.5) is 0 Å². The fourth-order valence-electron chi connectivity index (χ4n) is 1.59. The van der Waals surface area contributed by atoms with Gasteiger partial charge in [-0.2, -0.15) is 8.42 Å². The van der Waals surface area contributed by atoms with Gasteiger partial charge >= 0.3 is 0 Å². The van der Waals surface area contributed by atoms with Crippen molar-refractivity contribution in [1.82, 2.24) is 0 Å². The molecule has 0 heterocycles. The van der Waals surface area contributed by atoms with E-state index in [9.17, 15) is 8.42 Å². The van der Waals surface area contributed by atoms with Gasteiger partial charge in [-0.05, 0) is 22.4 Å². The fraction of sp³-hybridized carbons (Fsp3) is 0.167. The molecule has 0 saturated carbocycles. The second-order valence-corrected chi connectivity index (χ2v) is 5.13. The fourth-order valence-corrected chi connectivity index (χ4v) is 1.89. The zero-order valence-electron chi connectivity index (χ0n) is 9.04. The first kappa shape index (κ1) is 12.0. The van der Waals surface area contributed by atoms with Crippen molar-refractivity contribution in [2.45, 2.75) is 6.61 Å². The van der Waals surface area contributed by atoms with Crippen LogP contribution in [0.3, 0.4) is 0 Å².